The molecule has 7 heteroatoms. The third-order valence-corrected chi connectivity index (χ3v) is 4.85. The summed E-state index contributed by atoms with van der Waals surface area (Å²) < 4.78 is 10.7. The number of hydrogen-bond acceptors (Lipinski definition) is 4. The van der Waals surface area contributed by atoms with E-state index in [-0.39, 0.29) is 5.91 Å². The molecule has 1 fully saturated rings. The first-order chi connectivity index (χ1) is 13.0. The Balaban J connectivity index is 1.65. The van der Waals surface area contributed by atoms with Crippen molar-refractivity contribution in [1.29, 1.82) is 0 Å². The molecule has 142 valence electrons. The molecule has 2 amide bonds. The van der Waals surface area contributed by atoms with Crippen molar-refractivity contribution >= 4 is 23.4 Å². The number of hydrazine groups is 1. The van der Waals surface area contributed by atoms with Gasteiger partial charge in [-0.25, -0.2) is 0 Å². The lowest BCUT2D eigenvalue weighted by Gasteiger charge is -2.17. The van der Waals surface area contributed by atoms with Crippen molar-refractivity contribution in [3.05, 3.63) is 58.6 Å². The highest BCUT2D eigenvalue weighted by atomic mass is 35.5. The van der Waals surface area contributed by atoms with Crippen LogP contribution in [0.5, 0.6) is 11.5 Å². The second-order valence-electron chi connectivity index (χ2n) is 6.30. The van der Waals surface area contributed by atoms with E-state index in [0.29, 0.717) is 28.7 Å². The van der Waals surface area contributed by atoms with E-state index in [1.165, 1.54) is 7.11 Å². The Kier molecular flexibility index (Phi) is 5.56. The Morgan fingerprint density at radius 2 is 1.78 bits per heavy atom. The predicted molar refractivity (Wildman–Crippen MR) is 102 cm³/mol. The van der Waals surface area contributed by atoms with Gasteiger partial charge in [-0.2, -0.15) is 0 Å². The van der Waals surface area contributed by atoms with Gasteiger partial charge in [0.1, 0.15) is 0 Å². The van der Waals surface area contributed by atoms with Crippen molar-refractivity contribution in [2.45, 2.75) is 25.2 Å². The minimum Gasteiger partial charge on any atom is -0.493 e. The zero-order valence-corrected chi connectivity index (χ0v) is 15.9. The molecule has 1 aliphatic rings. The Morgan fingerprint density at radius 1 is 1.07 bits per heavy atom. The van der Waals surface area contributed by atoms with Crippen molar-refractivity contribution in [2.75, 3.05) is 13.7 Å². The van der Waals surface area contributed by atoms with Crippen molar-refractivity contribution < 1.29 is 19.1 Å². The summed E-state index contributed by atoms with van der Waals surface area (Å²) in [5.74, 6) is 0.337. The van der Waals surface area contributed by atoms with Gasteiger partial charge in [0.2, 0.25) is 5.91 Å². The molecule has 0 spiro atoms. The molecular formula is C20H21ClN2O4. The average molecular weight is 389 g/mol. The topological polar surface area (TPSA) is 76.7 Å². The van der Waals surface area contributed by atoms with Crippen LogP contribution in [0.15, 0.2) is 42.5 Å². The highest BCUT2D eigenvalue weighted by molar-refractivity contribution is 6.30. The van der Waals surface area contributed by atoms with E-state index in [9.17, 15) is 9.59 Å². The maximum atomic E-state index is 12.6. The van der Waals surface area contributed by atoms with E-state index < -0.39 is 11.3 Å². The minimum absolute atomic E-state index is 0.240. The molecule has 0 saturated heterocycles. The second-order valence-corrected chi connectivity index (χ2v) is 6.73. The molecule has 0 radical (unpaired) electrons. The minimum atomic E-state index is -0.603. The molecule has 0 aliphatic heterocycles. The number of hydrogen-bond donors (Lipinski definition) is 2. The van der Waals surface area contributed by atoms with Gasteiger partial charge in [0.15, 0.2) is 11.5 Å². The molecule has 1 saturated carbocycles. The standard InChI is InChI=1S/C20H21ClN2O4/c1-3-27-16-9-4-13(12-17(16)26-2)18(24)22-23-19(25)20(10-11-20)14-5-7-15(21)8-6-14/h4-9,12H,3,10-11H2,1-2H3,(H,22,24)(H,23,25). The molecule has 27 heavy (non-hydrogen) atoms. The third kappa shape index (κ3) is 4.01. The van der Waals surface area contributed by atoms with Crippen molar-refractivity contribution in [3.63, 3.8) is 0 Å². The highest BCUT2D eigenvalue weighted by Crippen LogP contribution is 2.48. The zero-order chi connectivity index (χ0) is 19.4. The van der Waals surface area contributed by atoms with Gasteiger partial charge in [0.25, 0.3) is 5.91 Å². The fraction of sp³-hybridized carbons (Fsp3) is 0.300. The smallest absolute Gasteiger partial charge is 0.269 e. The molecule has 1 aliphatic carbocycles. The van der Waals surface area contributed by atoms with E-state index >= 15 is 0 Å². The van der Waals surface area contributed by atoms with E-state index in [4.69, 9.17) is 21.1 Å². The van der Waals surface area contributed by atoms with Crippen LogP contribution in [0.2, 0.25) is 5.02 Å². The van der Waals surface area contributed by atoms with Gasteiger partial charge in [0.05, 0.1) is 19.1 Å². The van der Waals surface area contributed by atoms with Crippen LogP contribution >= 0.6 is 11.6 Å². The van der Waals surface area contributed by atoms with E-state index in [2.05, 4.69) is 10.9 Å². The van der Waals surface area contributed by atoms with Crippen molar-refractivity contribution in [1.82, 2.24) is 10.9 Å². The van der Waals surface area contributed by atoms with Crippen LogP contribution in [0.1, 0.15) is 35.7 Å². The summed E-state index contributed by atoms with van der Waals surface area (Å²) in [5.41, 5.74) is 5.64. The Labute approximate surface area is 162 Å². The summed E-state index contributed by atoms with van der Waals surface area (Å²) in [5, 5.41) is 0.618. The molecular weight excluding hydrogens is 368 g/mol. The van der Waals surface area contributed by atoms with Gasteiger partial charge >= 0.3 is 0 Å². The van der Waals surface area contributed by atoms with Crippen LogP contribution in [-0.2, 0) is 10.2 Å². The molecule has 3 rings (SSSR count). The molecule has 6 nitrogen and oxygen atoms in total. The first kappa shape index (κ1) is 19.0. The maximum Gasteiger partial charge on any atom is 0.269 e. The molecule has 2 aromatic carbocycles. The number of carbonyl (C=O) groups excluding carboxylic acids is 2. The predicted octanol–water partition coefficient (Wildman–Crippen LogP) is 3.24. The molecule has 0 bridgehead atoms. The lowest BCUT2D eigenvalue weighted by Crippen LogP contribution is -2.46. The number of nitrogens with one attached hydrogen (secondary N) is 2. The first-order valence-electron chi connectivity index (χ1n) is 8.68. The van der Waals surface area contributed by atoms with Crippen LogP contribution in [0.4, 0.5) is 0 Å². The summed E-state index contributed by atoms with van der Waals surface area (Å²) in [4.78, 5) is 25.0. The van der Waals surface area contributed by atoms with Gasteiger partial charge in [0, 0.05) is 10.6 Å². The number of amides is 2. The van der Waals surface area contributed by atoms with E-state index in [0.717, 1.165) is 18.4 Å². The quantitative estimate of drug-likeness (QED) is 0.745. The summed E-state index contributed by atoms with van der Waals surface area (Å²) >= 11 is 5.91. The van der Waals surface area contributed by atoms with Gasteiger partial charge in [-0.1, -0.05) is 23.7 Å². The van der Waals surface area contributed by atoms with Crippen LogP contribution in [0.25, 0.3) is 0 Å². The number of methoxy groups -OCH3 is 1. The van der Waals surface area contributed by atoms with Crippen LogP contribution in [0.3, 0.4) is 0 Å². The maximum absolute atomic E-state index is 12.6. The second kappa shape index (κ2) is 7.88. The lowest BCUT2D eigenvalue weighted by molar-refractivity contribution is -0.124. The Bertz CT molecular complexity index is 848. The van der Waals surface area contributed by atoms with Gasteiger partial charge in [-0.3, -0.25) is 20.4 Å². The molecule has 2 N–H and O–H groups in total. The number of rotatable bonds is 6. The van der Waals surface area contributed by atoms with Crippen LogP contribution < -0.4 is 20.3 Å². The highest BCUT2D eigenvalue weighted by Gasteiger charge is 2.51. The monoisotopic (exact) mass is 388 g/mol. The van der Waals surface area contributed by atoms with Gasteiger partial charge in [-0.05, 0) is 55.7 Å². The molecule has 0 aromatic heterocycles. The average Bonchev–Trinajstić information content (AvgIpc) is 3.49. The fourth-order valence-electron chi connectivity index (χ4n) is 2.93. The number of benzene rings is 2. The summed E-state index contributed by atoms with van der Waals surface area (Å²) in [6.45, 7) is 2.36. The SMILES string of the molecule is CCOc1ccc(C(=O)NNC(=O)C2(c3ccc(Cl)cc3)CC2)cc1OC. The number of carbonyl (C=O) groups is 2. The summed E-state index contributed by atoms with van der Waals surface area (Å²) in [6.07, 6.45) is 1.46. The molecule has 2 aromatic rings. The zero-order valence-electron chi connectivity index (χ0n) is 15.2. The van der Waals surface area contributed by atoms with Gasteiger partial charge < -0.3 is 9.47 Å². The van der Waals surface area contributed by atoms with E-state index in [1.54, 1.807) is 30.3 Å². The third-order valence-electron chi connectivity index (χ3n) is 4.60. The Hall–Kier alpha value is -2.73. The largest absolute Gasteiger partial charge is 0.493 e. The van der Waals surface area contributed by atoms with Crippen molar-refractivity contribution in [2.24, 2.45) is 0 Å². The van der Waals surface area contributed by atoms with E-state index in [1.807, 2.05) is 19.1 Å². The first-order valence-corrected chi connectivity index (χ1v) is 9.05. The van der Waals surface area contributed by atoms with Gasteiger partial charge in [-0.15, -0.1) is 0 Å². The van der Waals surface area contributed by atoms with Crippen LogP contribution in [0, 0.1) is 0 Å². The number of ether oxygens (including phenoxy) is 2. The summed E-state index contributed by atoms with van der Waals surface area (Å²) in [6, 6.07) is 12.0. The molecule has 0 unspecified atom stereocenters. The molecule has 0 heterocycles. The number of halogens is 1. The lowest BCUT2D eigenvalue weighted by atomic mass is 9.95. The normalized spacial score (nSPS) is 14.2. The van der Waals surface area contributed by atoms with Crippen LogP contribution in [-0.4, -0.2) is 25.5 Å². The fourth-order valence-corrected chi connectivity index (χ4v) is 3.06. The Morgan fingerprint density at radius 3 is 2.37 bits per heavy atom. The summed E-state index contributed by atoms with van der Waals surface area (Å²) in [7, 11) is 1.50. The molecule has 0 atom stereocenters. The van der Waals surface area contributed by atoms with Crippen molar-refractivity contribution in [3.8, 4) is 11.5 Å².